The minimum absolute atomic E-state index is 0.176. The first-order valence-corrected chi connectivity index (χ1v) is 7.58. The monoisotopic (exact) mass is 275 g/mol. The first kappa shape index (κ1) is 15.0. The molecule has 1 aromatic carbocycles. The summed E-state index contributed by atoms with van der Waals surface area (Å²) in [6.45, 7) is 7.23. The van der Waals surface area contributed by atoms with Crippen LogP contribution in [0.3, 0.4) is 0 Å². The number of carboxylic acid groups (broad SMARTS) is 1. The van der Waals surface area contributed by atoms with E-state index in [9.17, 15) is 9.90 Å². The molecule has 1 N–H and O–H groups in total. The highest BCUT2D eigenvalue weighted by Crippen LogP contribution is 2.42. The molecule has 0 bridgehead atoms. The average molecular weight is 275 g/mol. The minimum Gasteiger partial charge on any atom is -0.480 e. The molecular formula is C17H25NO2. The van der Waals surface area contributed by atoms with E-state index < -0.39 is 11.5 Å². The predicted octanol–water partition coefficient (Wildman–Crippen LogP) is 3.71. The highest BCUT2D eigenvalue weighted by atomic mass is 16.4. The van der Waals surface area contributed by atoms with Gasteiger partial charge in [0.15, 0.2) is 0 Å². The molecular weight excluding hydrogens is 250 g/mol. The van der Waals surface area contributed by atoms with Crippen molar-refractivity contribution < 1.29 is 9.90 Å². The van der Waals surface area contributed by atoms with Crippen LogP contribution in [0.25, 0.3) is 0 Å². The number of carbonyl (C=O) groups is 1. The van der Waals surface area contributed by atoms with E-state index in [4.69, 9.17) is 0 Å². The van der Waals surface area contributed by atoms with Gasteiger partial charge in [0.2, 0.25) is 0 Å². The van der Waals surface area contributed by atoms with Gasteiger partial charge in [0.25, 0.3) is 0 Å². The number of rotatable bonds is 5. The highest BCUT2D eigenvalue weighted by Gasteiger charge is 2.49. The van der Waals surface area contributed by atoms with E-state index in [0.29, 0.717) is 12.3 Å². The van der Waals surface area contributed by atoms with Crippen LogP contribution < -0.4 is 0 Å². The van der Waals surface area contributed by atoms with Crippen LogP contribution in [0.15, 0.2) is 30.3 Å². The Bertz CT molecular complexity index is 457. The van der Waals surface area contributed by atoms with Crippen LogP contribution in [-0.2, 0) is 4.79 Å². The lowest BCUT2D eigenvalue weighted by Crippen LogP contribution is -2.52. The molecule has 0 spiro atoms. The Morgan fingerprint density at radius 2 is 2.00 bits per heavy atom. The van der Waals surface area contributed by atoms with E-state index in [1.807, 2.05) is 25.1 Å². The van der Waals surface area contributed by atoms with Gasteiger partial charge in [-0.05, 0) is 37.3 Å². The molecule has 0 aromatic heterocycles. The van der Waals surface area contributed by atoms with E-state index in [0.717, 1.165) is 19.4 Å². The summed E-state index contributed by atoms with van der Waals surface area (Å²) < 4.78 is 0. The Labute approximate surface area is 121 Å². The van der Waals surface area contributed by atoms with Crippen LogP contribution >= 0.6 is 0 Å². The molecule has 20 heavy (non-hydrogen) atoms. The summed E-state index contributed by atoms with van der Waals surface area (Å²) in [7, 11) is 0. The lowest BCUT2D eigenvalue weighted by atomic mass is 9.87. The van der Waals surface area contributed by atoms with Crippen molar-refractivity contribution in [1.29, 1.82) is 0 Å². The van der Waals surface area contributed by atoms with Crippen LogP contribution in [0.1, 0.15) is 51.6 Å². The molecule has 2 atom stereocenters. The highest BCUT2D eigenvalue weighted by molar-refractivity contribution is 5.79. The number of likely N-dealkylation sites (tertiary alicyclic amines) is 1. The first-order valence-electron chi connectivity index (χ1n) is 7.58. The molecule has 0 radical (unpaired) electrons. The van der Waals surface area contributed by atoms with Crippen molar-refractivity contribution in [2.24, 2.45) is 5.92 Å². The fourth-order valence-corrected chi connectivity index (χ4v) is 3.64. The van der Waals surface area contributed by atoms with Gasteiger partial charge >= 0.3 is 5.97 Å². The topological polar surface area (TPSA) is 40.5 Å². The number of aliphatic carboxylic acids is 1. The zero-order chi connectivity index (χ0) is 14.8. The van der Waals surface area contributed by atoms with E-state index in [-0.39, 0.29) is 6.04 Å². The van der Waals surface area contributed by atoms with Gasteiger partial charge in [0.05, 0.1) is 0 Å². The van der Waals surface area contributed by atoms with Crippen LogP contribution in [0.2, 0.25) is 0 Å². The second kappa shape index (κ2) is 5.96. The molecule has 1 saturated heterocycles. The third kappa shape index (κ3) is 2.47. The molecule has 110 valence electrons. The molecule has 3 heteroatoms. The first-order chi connectivity index (χ1) is 9.53. The van der Waals surface area contributed by atoms with Crippen LogP contribution in [-0.4, -0.2) is 28.1 Å². The summed E-state index contributed by atoms with van der Waals surface area (Å²) in [5.41, 5.74) is 0.536. The summed E-state index contributed by atoms with van der Waals surface area (Å²) in [4.78, 5) is 14.1. The number of benzene rings is 1. The van der Waals surface area contributed by atoms with Gasteiger partial charge in [-0.15, -0.1) is 0 Å². The maximum Gasteiger partial charge on any atom is 0.324 e. The Morgan fingerprint density at radius 3 is 2.50 bits per heavy atom. The zero-order valence-electron chi connectivity index (χ0n) is 12.7. The molecule has 3 nitrogen and oxygen atoms in total. The van der Waals surface area contributed by atoms with Crippen molar-refractivity contribution in [3.8, 4) is 0 Å². The maximum atomic E-state index is 11.9. The second-order valence-electron chi connectivity index (χ2n) is 6.09. The molecule has 0 saturated carbocycles. The Kier molecular flexibility index (Phi) is 4.48. The Morgan fingerprint density at radius 1 is 1.35 bits per heavy atom. The molecule has 1 aliphatic heterocycles. The van der Waals surface area contributed by atoms with Gasteiger partial charge in [0.1, 0.15) is 5.54 Å². The van der Waals surface area contributed by atoms with E-state index in [1.165, 1.54) is 5.56 Å². The normalized spacial score (nSPS) is 25.0. The van der Waals surface area contributed by atoms with Crippen molar-refractivity contribution in [1.82, 2.24) is 4.90 Å². The van der Waals surface area contributed by atoms with Gasteiger partial charge in [-0.3, -0.25) is 9.69 Å². The van der Waals surface area contributed by atoms with Crippen LogP contribution in [0.5, 0.6) is 0 Å². The Balaban J connectivity index is 2.41. The van der Waals surface area contributed by atoms with Gasteiger partial charge in [-0.1, -0.05) is 51.1 Å². The molecule has 0 aliphatic carbocycles. The van der Waals surface area contributed by atoms with Gasteiger partial charge < -0.3 is 5.11 Å². The lowest BCUT2D eigenvalue weighted by Gasteiger charge is -2.42. The van der Waals surface area contributed by atoms with Crippen LogP contribution in [0.4, 0.5) is 0 Å². The van der Waals surface area contributed by atoms with E-state index in [2.05, 4.69) is 30.9 Å². The molecule has 1 heterocycles. The number of carboxylic acids is 1. The van der Waals surface area contributed by atoms with Gasteiger partial charge in [0, 0.05) is 6.04 Å². The molecule has 2 rings (SSSR count). The molecule has 1 aliphatic rings. The average Bonchev–Trinajstić information content (AvgIpc) is 2.84. The van der Waals surface area contributed by atoms with Crippen molar-refractivity contribution >= 4 is 5.97 Å². The maximum absolute atomic E-state index is 11.9. The van der Waals surface area contributed by atoms with Crippen LogP contribution in [0, 0.1) is 5.92 Å². The fourth-order valence-electron chi connectivity index (χ4n) is 3.64. The fraction of sp³-hybridized carbons (Fsp3) is 0.588. The summed E-state index contributed by atoms with van der Waals surface area (Å²) in [5, 5.41) is 9.77. The number of hydrogen-bond acceptors (Lipinski definition) is 2. The molecule has 1 fully saturated rings. The third-order valence-corrected chi connectivity index (χ3v) is 4.63. The molecule has 1 aromatic rings. The summed E-state index contributed by atoms with van der Waals surface area (Å²) in [6.07, 6.45) is 2.39. The van der Waals surface area contributed by atoms with Gasteiger partial charge in [-0.2, -0.15) is 0 Å². The summed E-state index contributed by atoms with van der Waals surface area (Å²) >= 11 is 0. The minimum atomic E-state index is -0.690. The van der Waals surface area contributed by atoms with E-state index in [1.54, 1.807) is 0 Å². The summed E-state index contributed by atoms with van der Waals surface area (Å²) in [5.74, 6) is -0.278. The third-order valence-electron chi connectivity index (χ3n) is 4.63. The lowest BCUT2D eigenvalue weighted by molar-refractivity contribution is -0.152. The largest absolute Gasteiger partial charge is 0.480 e. The SMILES string of the molecule is CCC1(C(=O)O)CCCN1C(c1ccccc1)C(C)C. The smallest absolute Gasteiger partial charge is 0.324 e. The van der Waals surface area contributed by atoms with Crippen molar-refractivity contribution in [2.45, 2.75) is 51.6 Å². The number of nitrogens with zero attached hydrogens (tertiary/aromatic N) is 1. The predicted molar refractivity (Wildman–Crippen MR) is 80.6 cm³/mol. The van der Waals surface area contributed by atoms with Crippen molar-refractivity contribution in [2.75, 3.05) is 6.54 Å². The second-order valence-corrected chi connectivity index (χ2v) is 6.09. The van der Waals surface area contributed by atoms with E-state index >= 15 is 0 Å². The Hall–Kier alpha value is -1.35. The standard InChI is InChI=1S/C17H25NO2/c1-4-17(16(19)20)11-8-12-18(17)15(13(2)3)14-9-6-5-7-10-14/h5-7,9-10,13,15H,4,8,11-12H2,1-3H3,(H,19,20). The number of hydrogen-bond donors (Lipinski definition) is 1. The quantitative estimate of drug-likeness (QED) is 0.890. The van der Waals surface area contributed by atoms with Crippen molar-refractivity contribution in [3.05, 3.63) is 35.9 Å². The molecule has 0 amide bonds. The zero-order valence-corrected chi connectivity index (χ0v) is 12.7. The van der Waals surface area contributed by atoms with Crippen molar-refractivity contribution in [3.63, 3.8) is 0 Å². The molecule has 2 unspecified atom stereocenters. The summed E-state index contributed by atoms with van der Waals surface area (Å²) in [6, 6.07) is 10.5. The van der Waals surface area contributed by atoms with Gasteiger partial charge in [-0.25, -0.2) is 0 Å².